The Kier molecular flexibility index (Phi) is 4.79. The van der Waals surface area contributed by atoms with Crippen LogP contribution in [-0.2, 0) is 0 Å². The average molecular weight is 365 g/mol. The van der Waals surface area contributed by atoms with E-state index in [1.165, 1.54) is 11.1 Å². The van der Waals surface area contributed by atoms with Crippen LogP contribution >= 0.6 is 0 Å². The molecule has 1 amide bonds. The van der Waals surface area contributed by atoms with E-state index < -0.39 is 0 Å². The van der Waals surface area contributed by atoms with Crippen LogP contribution in [0.3, 0.4) is 0 Å². The second-order valence-electron chi connectivity index (χ2n) is 7.51. The van der Waals surface area contributed by atoms with Gasteiger partial charge in [0.25, 0.3) is 5.91 Å². The Morgan fingerprint density at radius 2 is 1.93 bits per heavy atom. The summed E-state index contributed by atoms with van der Waals surface area (Å²) in [7, 11) is 3.58. The van der Waals surface area contributed by atoms with E-state index in [4.69, 9.17) is 4.74 Å². The molecule has 27 heavy (non-hydrogen) atoms. The summed E-state index contributed by atoms with van der Waals surface area (Å²) in [5.41, 5.74) is 4.33. The topological polar surface area (TPSA) is 53.6 Å². The number of carbonyl (C=O) groups is 1. The monoisotopic (exact) mass is 365 g/mol. The average Bonchev–Trinajstić information content (AvgIpc) is 3.17. The molecule has 1 saturated heterocycles. The van der Waals surface area contributed by atoms with Gasteiger partial charge in [-0.05, 0) is 61.3 Å². The Hall–Kier alpha value is -2.53. The molecule has 3 unspecified atom stereocenters. The molecule has 1 fully saturated rings. The first kappa shape index (κ1) is 17.9. The van der Waals surface area contributed by atoms with Crippen molar-refractivity contribution >= 4 is 11.6 Å². The van der Waals surface area contributed by atoms with Crippen LogP contribution in [0, 0.1) is 5.92 Å². The summed E-state index contributed by atoms with van der Waals surface area (Å²) in [6.45, 7) is 3.67. The van der Waals surface area contributed by atoms with E-state index in [-0.39, 0.29) is 18.0 Å². The molecule has 5 heteroatoms. The highest BCUT2D eigenvalue weighted by Gasteiger charge is 2.40. The summed E-state index contributed by atoms with van der Waals surface area (Å²) in [5.74, 6) is 1.41. The number of hydrogen-bond acceptors (Lipinski definition) is 4. The van der Waals surface area contributed by atoms with Crippen molar-refractivity contribution in [1.82, 2.24) is 10.2 Å². The maximum atomic E-state index is 12.4. The molecule has 2 aromatic carbocycles. The Morgan fingerprint density at radius 3 is 2.63 bits per heavy atom. The van der Waals surface area contributed by atoms with Gasteiger partial charge in [-0.25, -0.2) is 0 Å². The fourth-order valence-corrected chi connectivity index (χ4v) is 4.31. The Labute approximate surface area is 160 Å². The largest absolute Gasteiger partial charge is 0.494 e. The zero-order valence-electron chi connectivity index (χ0n) is 16.2. The summed E-state index contributed by atoms with van der Waals surface area (Å²) in [6, 6.07) is 15.0. The van der Waals surface area contributed by atoms with Gasteiger partial charge in [-0.15, -0.1) is 0 Å². The minimum atomic E-state index is 0.0426. The first-order valence-corrected chi connectivity index (χ1v) is 9.66. The molecular weight excluding hydrogens is 338 g/mol. The van der Waals surface area contributed by atoms with Gasteiger partial charge in [-0.2, -0.15) is 0 Å². The maximum Gasteiger partial charge on any atom is 0.253 e. The number of fused-ring (bicyclic) bond motifs is 3. The van der Waals surface area contributed by atoms with Crippen LogP contribution in [0.1, 0.15) is 46.9 Å². The molecule has 0 bridgehead atoms. The van der Waals surface area contributed by atoms with Crippen LogP contribution in [0.5, 0.6) is 5.75 Å². The van der Waals surface area contributed by atoms with Crippen LogP contribution in [0.25, 0.3) is 0 Å². The standard InChI is InChI=1S/C22H27N3O2/c1-4-27-16-8-5-14(6-9-16)20-17-11-12-23-21(17)18-13-15(22(26)25(2)3)7-10-19(18)24-20/h5-10,13,17,20-21,23-24H,4,11-12H2,1-3H3. The van der Waals surface area contributed by atoms with Crippen LogP contribution < -0.4 is 15.4 Å². The molecule has 2 aliphatic rings. The number of amides is 1. The van der Waals surface area contributed by atoms with E-state index >= 15 is 0 Å². The predicted octanol–water partition coefficient (Wildman–Crippen LogP) is 3.60. The summed E-state index contributed by atoms with van der Waals surface area (Å²) >= 11 is 0. The van der Waals surface area contributed by atoms with Crippen molar-refractivity contribution in [3.8, 4) is 5.75 Å². The van der Waals surface area contributed by atoms with Gasteiger partial charge in [0.05, 0.1) is 12.6 Å². The van der Waals surface area contributed by atoms with Crippen molar-refractivity contribution in [2.75, 3.05) is 32.6 Å². The minimum Gasteiger partial charge on any atom is -0.494 e. The highest BCUT2D eigenvalue weighted by Crippen LogP contribution is 2.47. The second kappa shape index (κ2) is 7.24. The van der Waals surface area contributed by atoms with Gasteiger partial charge >= 0.3 is 0 Å². The summed E-state index contributed by atoms with van der Waals surface area (Å²) in [6.07, 6.45) is 1.11. The molecule has 2 aromatic rings. The van der Waals surface area contributed by atoms with E-state index in [0.717, 1.165) is 30.0 Å². The van der Waals surface area contributed by atoms with Gasteiger partial charge in [0.2, 0.25) is 0 Å². The zero-order chi connectivity index (χ0) is 19.0. The third-order valence-electron chi connectivity index (χ3n) is 5.60. The lowest BCUT2D eigenvalue weighted by atomic mass is 9.80. The van der Waals surface area contributed by atoms with Gasteiger partial charge in [0, 0.05) is 37.3 Å². The molecule has 0 saturated carbocycles. The van der Waals surface area contributed by atoms with Crippen molar-refractivity contribution in [2.45, 2.75) is 25.4 Å². The fraction of sp³-hybridized carbons (Fsp3) is 0.409. The molecule has 4 rings (SSSR count). The molecule has 5 nitrogen and oxygen atoms in total. The SMILES string of the molecule is CCOc1ccc(C2Nc3ccc(C(=O)N(C)C)cc3C3NCCC23)cc1. The molecule has 2 N–H and O–H groups in total. The molecule has 0 spiro atoms. The van der Waals surface area contributed by atoms with Crippen molar-refractivity contribution in [2.24, 2.45) is 5.92 Å². The van der Waals surface area contributed by atoms with E-state index in [0.29, 0.717) is 12.5 Å². The third kappa shape index (κ3) is 3.28. The van der Waals surface area contributed by atoms with Crippen LogP contribution in [0.2, 0.25) is 0 Å². The molecular formula is C22H27N3O2. The normalized spacial score (nSPS) is 23.1. The van der Waals surface area contributed by atoms with E-state index in [1.54, 1.807) is 19.0 Å². The Morgan fingerprint density at radius 1 is 1.15 bits per heavy atom. The Bertz CT molecular complexity index is 832. The predicted molar refractivity (Wildman–Crippen MR) is 107 cm³/mol. The summed E-state index contributed by atoms with van der Waals surface area (Å²) in [4.78, 5) is 14.0. The van der Waals surface area contributed by atoms with Gasteiger partial charge in [-0.1, -0.05) is 12.1 Å². The lowest BCUT2D eigenvalue weighted by Gasteiger charge is -2.37. The second-order valence-corrected chi connectivity index (χ2v) is 7.51. The number of hydrogen-bond donors (Lipinski definition) is 2. The maximum absolute atomic E-state index is 12.4. The van der Waals surface area contributed by atoms with Gasteiger partial charge in [0.1, 0.15) is 5.75 Å². The molecule has 0 aromatic heterocycles. The summed E-state index contributed by atoms with van der Waals surface area (Å²) < 4.78 is 5.58. The smallest absolute Gasteiger partial charge is 0.253 e. The minimum absolute atomic E-state index is 0.0426. The van der Waals surface area contributed by atoms with Crippen LogP contribution in [0.15, 0.2) is 42.5 Å². The van der Waals surface area contributed by atoms with Gasteiger partial charge in [-0.3, -0.25) is 4.79 Å². The molecule has 0 radical (unpaired) electrons. The van der Waals surface area contributed by atoms with E-state index in [2.05, 4.69) is 28.8 Å². The summed E-state index contributed by atoms with van der Waals surface area (Å²) in [5, 5.41) is 7.38. The molecule has 0 aliphatic carbocycles. The van der Waals surface area contributed by atoms with Gasteiger partial charge < -0.3 is 20.3 Å². The zero-order valence-corrected chi connectivity index (χ0v) is 16.2. The highest BCUT2D eigenvalue weighted by molar-refractivity contribution is 5.94. The third-order valence-corrected chi connectivity index (χ3v) is 5.60. The van der Waals surface area contributed by atoms with Crippen molar-refractivity contribution < 1.29 is 9.53 Å². The van der Waals surface area contributed by atoms with Crippen molar-refractivity contribution in [1.29, 1.82) is 0 Å². The first-order valence-electron chi connectivity index (χ1n) is 9.66. The number of nitrogens with one attached hydrogen (secondary N) is 2. The number of ether oxygens (including phenoxy) is 1. The highest BCUT2D eigenvalue weighted by atomic mass is 16.5. The van der Waals surface area contributed by atoms with E-state index in [1.807, 2.05) is 31.2 Å². The van der Waals surface area contributed by atoms with E-state index in [9.17, 15) is 4.79 Å². The number of carbonyl (C=O) groups excluding carboxylic acids is 1. The Balaban J connectivity index is 1.66. The molecule has 142 valence electrons. The number of benzene rings is 2. The van der Waals surface area contributed by atoms with Crippen LogP contribution in [-0.4, -0.2) is 38.1 Å². The fourth-order valence-electron chi connectivity index (χ4n) is 4.31. The van der Waals surface area contributed by atoms with Crippen LogP contribution in [0.4, 0.5) is 5.69 Å². The van der Waals surface area contributed by atoms with Crippen molar-refractivity contribution in [3.63, 3.8) is 0 Å². The molecule has 2 aliphatic heterocycles. The molecule has 2 heterocycles. The lowest BCUT2D eigenvalue weighted by Crippen LogP contribution is -2.33. The van der Waals surface area contributed by atoms with Crippen molar-refractivity contribution in [3.05, 3.63) is 59.2 Å². The van der Waals surface area contributed by atoms with Gasteiger partial charge in [0.15, 0.2) is 0 Å². The number of nitrogens with zero attached hydrogens (tertiary/aromatic N) is 1. The molecule has 3 atom stereocenters. The quantitative estimate of drug-likeness (QED) is 0.869. The lowest BCUT2D eigenvalue weighted by molar-refractivity contribution is 0.0827. The first-order chi connectivity index (χ1) is 13.1. The number of anilines is 1. The number of rotatable bonds is 4.